The number of ether oxygens (including phenoxy) is 4. The first-order chi connectivity index (χ1) is 65.4. The number of nitrogens with one attached hydrogen (secondary N) is 4. The molecule has 0 radical (unpaired) electrons. The number of aromatic nitrogens is 17. The molecular weight excluding hydrogens is 1720 g/mol. The molecule has 0 bridgehead atoms. The van der Waals surface area contributed by atoms with Gasteiger partial charge >= 0.3 is 0 Å². The topological polar surface area (TPSA) is 323 Å². The number of β-amino-alcohol motifs (C(OH)–C–C–N with tert-alkyl or cyclic N) is 1. The first kappa shape index (κ1) is 90.1. The van der Waals surface area contributed by atoms with Gasteiger partial charge in [0.05, 0.1) is 77.3 Å². The van der Waals surface area contributed by atoms with Crippen LogP contribution in [-0.2, 0) is 32.5 Å². The minimum Gasteiger partial charge on any atom is -0.492 e. The molecule has 670 valence electrons. The molecular formula is C102H93ClN24O6S. The second kappa shape index (κ2) is 42.3. The molecule has 12 heterocycles. The van der Waals surface area contributed by atoms with Gasteiger partial charge in [-0.15, -0.1) is 30.6 Å². The lowest BCUT2D eigenvalue weighted by molar-refractivity contribution is 0.0199. The standard InChI is InChI=1S/C26H18N6O2S.C26H26N6O2.C26H26N6O.C24H23ClN6O/c1-4-18(24-14-28-16-34-24)9-20(5-1)31-26-30-13-19-10-21(25-29-7-8-35-25)23(11-22(19)32-26)33-15-17-3-2-6-27-12-17;1-3-18-4-5-25-20(10-18)14-27-26(30-25)29-22-11-19(21-15-28-31(2)16-21)12-24(13-22)34-23-6-7-32(17-23)8-9-33;1-4-19-5-6-25-22(11-19)15-27-26(30-25)29-24-13-20(18(2)32-7-9-33-10-8-32)12-21(14-24)23-16-28-31(3)17-23;1-5-16-8-18-13-26-24(29-23(18)22(25)9-16)28-20-10-17(19-14-27-31(4)15-19)11-21(12-20)32-7-6-30(2)3/h1-14,16H,15H2,(H,30,31,32);1,4-5,10-16,23,33H,6-9,17H2,2H3,(H,27,29,30);1,5-6,11-18H,7-10H2,2-3H3,(H,27,29,30);1,8-15H,6-7H2,2-4H3,(H,26,28,29)/t;23-;;/m.0../s1. The van der Waals surface area contributed by atoms with Crippen molar-refractivity contribution in [1.29, 1.82) is 0 Å². The monoisotopic (exact) mass is 1820 g/mol. The summed E-state index contributed by atoms with van der Waals surface area (Å²) in [7, 11) is 9.73. The Labute approximate surface area is 782 Å². The summed E-state index contributed by atoms with van der Waals surface area (Å²) >= 11 is 7.94. The van der Waals surface area contributed by atoms with Crippen molar-refractivity contribution >= 4 is 113 Å². The van der Waals surface area contributed by atoms with Gasteiger partial charge in [0.25, 0.3) is 0 Å². The molecule has 10 aromatic heterocycles. The number of terminal acetylenes is 3. The summed E-state index contributed by atoms with van der Waals surface area (Å²) < 4.78 is 34.8. The van der Waals surface area contributed by atoms with Crippen molar-refractivity contribution in [2.75, 3.05) is 101 Å². The average molecular weight is 1820 g/mol. The molecule has 2 aliphatic heterocycles. The van der Waals surface area contributed by atoms with Gasteiger partial charge in [-0.25, -0.2) is 49.8 Å². The fraction of sp³-hybridized carbons (Fsp3) is 0.196. The lowest BCUT2D eigenvalue weighted by Gasteiger charge is -2.33. The van der Waals surface area contributed by atoms with Gasteiger partial charge in [-0.3, -0.25) is 28.8 Å². The Morgan fingerprint density at radius 1 is 0.545 bits per heavy atom. The number of rotatable bonds is 26. The molecule has 5 N–H and O–H groups in total. The molecule has 134 heavy (non-hydrogen) atoms. The zero-order valence-corrected chi connectivity index (χ0v) is 75.8. The molecule has 30 nitrogen and oxygen atoms in total. The number of anilines is 8. The number of aryl methyl sites for hydroxylation is 3. The Morgan fingerprint density at radius 3 is 1.71 bits per heavy atom. The summed E-state index contributed by atoms with van der Waals surface area (Å²) in [5.74, 6) is 12.7. The maximum atomic E-state index is 9.22. The largest absolute Gasteiger partial charge is 0.492 e. The van der Waals surface area contributed by atoms with E-state index in [-0.39, 0.29) is 18.8 Å². The summed E-state index contributed by atoms with van der Waals surface area (Å²) in [4.78, 5) is 55.9. The van der Waals surface area contributed by atoms with Gasteiger partial charge < -0.3 is 54.6 Å². The van der Waals surface area contributed by atoms with Crippen molar-refractivity contribution in [3.8, 4) is 110 Å². The Morgan fingerprint density at radius 2 is 1.13 bits per heavy atom. The average Bonchev–Trinajstić information content (AvgIpc) is 1.13. The van der Waals surface area contributed by atoms with Crippen LogP contribution in [0.5, 0.6) is 17.2 Å². The van der Waals surface area contributed by atoms with E-state index in [0.29, 0.717) is 71.2 Å². The van der Waals surface area contributed by atoms with E-state index >= 15 is 0 Å². The fourth-order valence-corrected chi connectivity index (χ4v) is 16.2. The molecule has 8 aromatic carbocycles. The first-order valence-electron chi connectivity index (χ1n) is 43.1. The summed E-state index contributed by atoms with van der Waals surface area (Å²) in [6.45, 7) is 9.96. The van der Waals surface area contributed by atoms with Gasteiger partial charge in [-0.1, -0.05) is 47.6 Å². The molecule has 0 spiro atoms. The number of aliphatic hydroxyl groups excluding tert-OH is 1. The number of fused-ring (bicyclic) bond motifs is 4. The van der Waals surface area contributed by atoms with Crippen molar-refractivity contribution in [2.45, 2.75) is 32.1 Å². The van der Waals surface area contributed by atoms with E-state index in [1.807, 2.05) is 210 Å². The Hall–Kier alpha value is -15.9. The van der Waals surface area contributed by atoms with Crippen LogP contribution in [0.2, 0.25) is 5.02 Å². The van der Waals surface area contributed by atoms with Gasteiger partial charge in [-0.05, 0) is 165 Å². The molecule has 2 saturated heterocycles. The highest BCUT2D eigenvalue weighted by atomic mass is 35.5. The van der Waals surface area contributed by atoms with E-state index < -0.39 is 0 Å². The van der Waals surface area contributed by atoms with Gasteiger partial charge in [0.2, 0.25) is 23.8 Å². The lowest BCUT2D eigenvalue weighted by atomic mass is 9.99. The third-order valence-electron chi connectivity index (χ3n) is 22.1. The van der Waals surface area contributed by atoms with Crippen molar-refractivity contribution in [3.05, 3.63) is 283 Å². The highest BCUT2D eigenvalue weighted by molar-refractivity contribution is 7.13. The molecule has 2 fully saturated rings. The number of aliphatic hydroxyl groups is 1. The number of oxazole rings is 1. The molecule has 0 saturated carbocycles. The van der Waals surface area contributed by atoms with Crippen molar-refractivity contribution in [1.82, 2.24) is 98.9 Å². The number of pyridine rings is 1. The number of halogens is 1. The Bertz CT molecular complexity index is 7290. The molecule has 32 heteroatoms. The Balaban J connectivity index is 0.000000124. The number of likely N-dealkylation sites (tertiary alicyclic amines) is 1. The van der Waals surface area contributed by atoms with Crippen LogP contribution in [0, 0.1) is 37.0 Å². The van der Waals surface area contributed by atoms with Crippen molar-refractivity contribution < 1.29 is 28.5 Å². The number of hydrogen-bond donors (Lipinski definition) is 5. The second-order valence-electron chi connectivity index (χ2n) is 32.1. The summed E-state index contributed by atoms with van der Waals surface area (Å²) in [5.41, 5.74) is 18.9. The van der Waals surface area contributed by atoms with Gasteiger partial charge in [0.15, 0.2) is 12.2 Å². The van der Waals surface area contributed by atoms with Gasteiger partial charge in [-0.2, -0.15) is 15.3 Å². The molecule has 0 aliphatic carbocycles. The first-order valence-corrected chi connectivity index (χ1v) is 44.4. The predicted octanol–water partition coefficient (Wildman–Crippen LogP) is 17.8. The SMILES string of the molecule is C#Cc1cc(Cl)c2nc(Nc3cc(OCCN(C)C)cc(-c4cnn(C)c4)c3)ncc2c1.C#Cc1ccc2nc(Nc3cc(-c4cnn(C)c4)cc(C(C)N4CCOCC4)c3)ncc2c1.C#Cc1ccc2nc(Nc3cc(O[C@H]4CCN(CCO)C4)cc(-c4cnn(C)c4)c3)ncc2c1.c1cncc(COc2cc3nc(Nc4cccc(-c5cnco5)c4)ncc3cc2-c2nccs2)c1. The number of thiazole rings is 1. The number of nitrogens with zero attached hydrogens (tertiary/aromatic N) is 20. The Kier molecular flexibility index (Phi) is 28.5. The van der Waals surface area contributed by atoms with E-state index in [0.717, 1.165) is 191 Å². The zero-order valence-electron chi connectivity index (χ0n) is 74.3. The number of benzene rings is 8. The van der Waals surface area contributed by atoms with Crippen molar-refractivity contribution in [3.63, 3.8) is 0 Å². The van der Waals surface area contributed by atoms with Crippen LogP contribution in [0.3, 0.4) is 0 Å². The molecule has 2 aliphatic rings. The van der Waals surface area contributed by atoms with E-state index in [2.05, 4.69) is 144 Å². The van der Waals surface area contributed by atoms with Gasteiger partial charge in [0, 0.05) is 241 Å². The lowest BCUT2D eigenvalue weighted by Crippen LogP contribution is -2.38. The zero-order chi connectivity index (χ0) is 92.4. The highest BCUT2D eigenvalue weighted by Gasteiger charge is 2.26. The van der Waals surface area contributed by atoms with Crippen LogP contribution in [0.4, 0.5) is 46.5 Å². The number of likely N-dealkylation sites (N-methyl/N-ethyl adjacent to an activating group) is 1. The van der Waals surface area contributed by atoms with Crippen LogP contribution in [0.25, 0.3) is 98.9 Å². The summed E-state index contributed by atoms with van der Waals surface area (Å²) in [6.07, 6.45) is 44.5. The maximum Gasteiger partial charge on any atom is 0.227 e. The summed E-state index contributed by atoms with van der Waals surface area (Å²) in [5, 5.41) is 42.2. The van der Waals surface area contributed by atoms with Crippen LogP contribution in [0.15, 0.2) is 255 Å². The fourth-order valence-electron chi connectivity index (χ4n) is 15.3. The van der Waals surface area contributed by atoms with Crippen LogP contribution >= 0.6 is 22.9 Å². The van der Waals surface area contributed by atoms with Crippen LogP contribution < -0.4 is 35.5 Å². The van der Waals surface area contributed by atoms with E-state index in [1.165, 1.54) is 12.0 Å². The van der Waals surface area contributed by atoms with Gasteiger partial charge in [0.1, 0.15) is 41.6 Å². The summed E-state index contributed by atoms with van der Waals surface area (Å²) in [6, 6.07) is 49.3. The van der Waals surface area contributed by atoms with E-state index in [4.69, 9.17) is 59.2 Å². The normalized spacial score (nSPS) is 13.3. The van der Waals surface area contributed by atoms with Crippen LogP contribution in [-0.4, -0.2) is 190 Å². The van der Waals surface area contributed by atoms with E-state index in [9.17, 15) is 5.11 Å². The molecule has 20 rings (SSSR count). The maximum absolute atomic E-state index is 9.22. The van der Waals surface area contributed by atoms with Crippen LogP contribution in [0.1, 0.15) is 47.2 Å². The molecule has 18 aromatic rings. The van der Waals surface area contributed by atoms with Crippen molar-refractivity contribution in [2.24, 2.45) is 21.1 Å². The minimum absolute atomic E-state index is 0.0748. The minimum atomic E-state index is 0.0748. The number of hydrogen-bond acceptors (Lipinski definition) is 28. The number of morpholine rings is 1. The second-order valence-corrected chi connectivity index (χ2v) is 33.4. The predicted molar refractivity (Wildman–Crippen MR) is 525 cm³/mol. The molecule has 2 atom stereocenters. The third kappa shape index (κ3) is 23.1. The quantitative estimate of drug-likeness (QED) is 0.0314. The smallest absolute Gasteiger partial charge is 0.227 e. The van der Waals surface area contributed by atoms with E-state index in [1.54, 1.807) is 76.3 Å². The molecule has 0 amide bonds. The third-order valence-corrected chi connectivity index (χ3v) is 23.2. The highest BCUT2D eigenvalue weighted by Crippen LogP contribution is 2.39. The molecule has 1 unspecified atom stereocenters.